The third-order valence-electron chi connectivity index (χ3n) is 19.2. The number of fused-ring (bicyclic) bond motifs is 13. The van der Waals surface area contributed by atoms with Gasteiger partial charge in [-0.15, -0.1) is 0 Å². The predicted octanol–water partition coefficient (Wildman–Crippen LogP) is 22.1. The van der Waals surface area contributed by atoms with Crippen LogP contribution in [-0.4, -0.2) is 33.2 Å². The van der Waals surface area contributed by atoms with Crippen molar-refractivity contribution in [3.8, 4) is 68.1 Å². The summed E-state index contributed by atoms with van der Waals surface area (Å²) >= 11 is 0. The second kappa shape index (κ2) is 20.5. The summed E-state index contributed by atoms with van der Waals surface area (Å²) in [6, 6.07) is 87.0. The van der Waals surface area contributed by atoms with Crippen LogP contribution in [0, 0.1) is 55.4 Å². The lowest BCUT2D eigenvalue weighted by Gasteiger charge is -2.30. The molecule has 0 amide bonds. The average Bonchev–Trinajstić information content (AvgIpc) is 1.61. The van der Waals surface area contributed by atoms with Gasteiger partial charge in [-0.3, -0.25) is 0 Å². The van der Waals surface area contributed by atoms with Crippen molar-refractivity contribution in [1.82, 2.24) is 33.2 Å². The van der Waals surface area contributed by atoms with Crippen molar-refractivity contribution in [2.24, 2.45) is 0 Å². The van der Waals surface area contributed by atoms with Crippen LogP contribution in [0.5, 0.6) is 0 Å². The number of rotatable bonds is 8. The maximum Gasteiger partial charge on any atom is 0.231 e. The summed E-state index contributed by atoms with van der Waals surface area (Å²) in [4.78, 5) is 18.0. The third kappa shape index (κ3) is 8.34. The van der Waals surface area contributed by atoms with Crippen LogP contribution in [0.4, 0.5) is 0 Å². The van der Waals surface area contributed by atoms with E-state index in [9.17, 15) is 0 Å². The molecule has 0 saturated heterocycles. The molecule has 0 bridgehead atoms. The van der Waals surface area contributed by atoms with Gasteiger partial charge in [0.25, 0.3) is 0 Å². The standard InChI is InChI=1S/C85H63N7O/c1-48-23-31-69-58(39-48)59-40-49(2)24-32-70(59)89(69)80-78(84-86-67(56-17-11-9-12-18-56)47-68(87-84)57-19-13-10-14-20-57)81(90-71-33-25-50(3)41-60(71)61-42-51(4)26-34-72(61)90)83(92-75-37-29-54(7)45-64(75)65-46-55(8)30-38-76(65)92)79(85-88-66-21-15-16-22-77(66)93-85)82(80)91-73-35-27-52(5)43-62(73)63-44-53(6)28-36-74(63)91/h9-47H,1-8H3. The molecule has 0 aliphatic carbocycles. The summed E-state index contributed by atoms with van der Waals surface area (Å²) in [7, 11) is 0. The fourth-order valence-electron chi connectivity index (χ4n) is 15.0. The van der Waals surface area contributed by atoms with Crippen LogP contribution in [-0.2, 0) is 0 Å². The fourth-order valence-corrected chi connectivity index (χ4v) is 15.0. The van der Waals surface area contributed by atoms with E-state index >= 15 is 0 Å². The van der Waals surface area contributed by atoms with E-state index in [4.69, 9.17) is 19.4 Å². The van der Waals surface area contributed by atoms with Crippen LogP contribution < -0.4 is 0 Å². The van der Waals surface area contributed by atoms with Gasteiger partial charge in [0, 0.05) is 54.2 Å². The molecule has 0 N–H and O–H groups in total. The first-order chi connectivity index (χ1) is 45.4. The molecule has 8 nitrogen and oxygen atoms in total. The average molecular weight is 1200 g/mol. The normalized spacial score (nSPS) is 12.1. The molecular formula is C85H63N7O. The molecule has 0 spiro atoms. The van der Waals surface area contributed by atoms with Gasteiger partial charge in [0.05, 0.1) is 89.4 Å². The molecule has 0 aliphatic rings. The van der Waals surface area contributed by atoms with E-state index in [0.29, 0.717) is 17.3 Å². The molecule has 0 saturated carbocycles. The van der Waals surface area contributed by atoms with E-state index < -0.39 is 0 Å². The first kappa shape index (κ1) is 54.3. The summed E-state index contributed by atoms with van der Waals surface area (Å²) in [6.07, 6.45) is 0. The molecule has 93 heavy (non-hydrogen) atoms. The van der Waals surface area contributed by atoms with Gasteiger partial charge in [-0.25, -0.2) is 15.0 Å². The monoisotopic (exact) mass is 1200 g/mol. The lowest BCUT2D eigenvalue weighted by molar-refractivity contribution is 0.619. The third-order valence-corrected chi connectivity index (χ3v) is 19.2. The number of hydrogen-bond acceptors (Lipinski definition) is 4. The van der Waals surface area contributed by atoms with Gasteiger partial charge >= 0.3 is 0 Å². The molecule has 0 aliphatic heterocycles. The molecule has 18 aromatic rings. The van der Waals surface area contributed by atoms with Crippen molar-refractivity contribution in [1.29, 1.82) is 0 Å². The number of aromatic nitrogens is 7. The summed E-state index contributed by atoms with van der Waals surface area (Å²) in [5.74, 6) is 0.998. The Hall–Kier alpha value is -11.6. The van der Waals surface area contributed by atoms with Crippen molar-refractivity contribution in [2.75, 3.05) is 0 Å². The fraction of sp³-hybridized carbons (Fsp3) is 0.0941. The Morgan fingerprint density at radius 3 is 0.817 bits per heavy atom. The topological polar surface area (TPSA) is 71.5 Å². The molecule has 0 fully saturated rings. The summed E-state index contributed by atoms with van der Waals surface area (Å²) in [5, 5.41) is 9.06. The molecule has 0 atom stereocenters. The SMILES string of the molecule is Cc1ccc2c(c1)c1cc(C)ccc1n2-c1c(-c2nc(-c3ccccc3)cc(-c3ccccc3)n2)c(-n2c3ccc(C)cc3c3cc(C)ccc32)c(-n2c3ccc(C)cc3c3cc(C)ccc32)c(-c2nc3ccccc3o2)c1-n1c2ccc(C)cc2c2cc(C)ccc21. The Labute approximate surface area is 537 Å². The highest BCUT2D eigenvalue weighted by Gasteiger charge is 2.38. The predicted molar refractivity (Wildman–Crippen MR) is 387 cm³/mol. The van der Waals surface area contributed by atoms with Crippen molar-refractivity contribution in [3.05, 3.63) is 281 Å². The van der Waals surface area contributed by atoms with Crippen LogP contribution in [0.2, 0.25) is 0 Å². The largest absolute Gasteiger partial charge is 0.436 e. The van der Waals surface area contributed by atoms with Gasteiger partial charge in [-0.1, -0.05) is 166 Å². The number of aryl methyl sites for hydroxylation is 8. The molecule has 6 aromatic heterocycles. The molecule has 6 heterocycles. The van der Waals surface area contributed by atoms with Crippen LogP contribution >= 0.6 is 0 Å². The van der Waals surface area contributed by atoms with Gasteiger partial charge in [0.15, 0.2) is 11.4 Å². The maximum atomic E-state index is 7.63. The first-order valence-electron chi connectivity index (χ1n) is 32.1. The van der Waals surface area contributed by atoms with E-state index in [2.05, 4.69) is 298 Å². The zero-order valence-electron chi connectivity index (χ0n) is 53.1. The Morgan fingerprint density at radius 1 is 0.258 bits per heavy atom. The molecule has 12 aromatic carbocycles. The summed E-state index contributed by atoms with van der Waals surface area (Å²) in [5.41, 5.74) is 27.4. The molecule has 0 radical (unpaired) electrons. The van der Waals surface area contributed by atoms with Crippen LogP contribution in [0.1, 0.15) is 44.5 Å². The second-order valence-corrected chi connectivity index (χ2v) is 25.8. The van der Waals surface area contributed by atoms with Crippen LogP contribution in [0.25, 0.3) is 166 Å². The summed E-state index contributed by atoms with van der Waals surface area (Å²) in [6.45, 7) is 17.6. The zero-order valence-corrected chi connectivity index (χ0v) is 53.1. The van der Waals surface area contributed by atoms with E-state index in [0.717, 1.165) is 149 Å². The Balaban J connectivity index is 1.24. The lowest BCUT2D eigenvalue weighted by Crippen LogP contribution is -2.17. The summed E-state index contributed by atoms with van der Waals surface area (Å²) < 4.78 is 17.8. The number of oxazole rings is 1. The van der Waals surface area contributed by atoms with Crippen LogP contribution in [0.3, 0.4) is 0 Å². The molecular weight excluding hydrogens is 1130 g/mol. The van der Waals surface area contributed by atoms with E-state index in [1.165, 1.54) is 44.5 Å². The molecule has 18 rings (SSSR count). The van der Waals surface area contributed by atoms with E-state index in [-0.39, 0.29) is 0 Å². The second-order valence-electron chi connectivity index (χ2n) is 25.8. The number of hydrogen-bond donors (Lipinski definition) is 0. The molecule has 0 unspecified atom stereocenters. The number of benzene rings is 12. The highest BCUT2D eigenvalue weighted by Crippen LogP contribution is 2.55. The minimum absolute atomic E-state index is 0.461. The van der Waals surface area contributed by atoms with E-state index in [1.54, 1.807) is 0 Å². The van der Waals surface area contributed by atoms with Crippen LogP contribution in [0.15, 0.2) is 241 Å². The highest BCUT2D eigenvalue weighted by molar-refractivity contribution is 6.19. The quantitative estimate of drug-likeness (QED) is 0.152. The lowest BCUT2D eigenvalue weighted by atomic mass is 9.96. The molecule has 8 heteroatoms. The Bertz CT molecular complexity index is 5600. The van der Waals surface area contributed by atoms with Gasteiger partial charge < -0.3 is 22.7 Å². The van der Waals surface area contributed by atoms with Crippen molar-refractivity contribution >= 4 is 98.3 Å². The van der Waals surface area contributed by atoms with Gasteiger partial charge in [-0.2, -0.15) is 0 Å². The van der Waals surface area contributed by atoms with Crippen molar-refractivity contribution in [3.63, 3.8) is 0 Å². The number of para-hydroxylation sites is 2. The minimum atomic E-state index is 0.461. The minimum Gasteiger partial charge on any atom is -0.436 e. The Kier molecular flexibility index (Phi) is 12.0. The Morgan fingerprint density at radius 2 is 0.527 bits per heavy atom. The van der Waals surface area contributed by atoms with Gasteiger partial charge in [0.1, 0.15) is 5.52 Å². The number of nitrogens with zero attached hydrogens (tertiary/aromatic N) is 7. The van der Waals surface area contributed by atoms with Gasteiger partial charge in [0.2, 0.25) is 5.89 Å². The highest BCUT2D eigenvalue weighted by atomic mass is 16.3. The first-order valence-corrected chi connectivity index (χ1v) is 32.1. The molecule has 444 valence electrons. The van der Waals surface area contributed by atoms with Gasteiger partial charge in [-0.05, 0) is 171 Å². The zero-order chi connectivity index (χ0) is 62.7. The van der Waals surface area contributed by atoms with Crippen molar-refractivity contribution in [2.45, 2.75) is 55.4 Å². The smallest absolute Gasteiger partial charge is 0.231 e. The van der Waals surface area contributed by atoms with Crippen molar-refractivity contribution < 1.29 is 4.42 Å². The van der Waals surface area contributed by atoms with E-state index in [1.807, 2.05) is 12.1 Å². The maximum absolute atomic E-state index is 7.63.